The van der Waals surface area contributed by atoms with E-state index in [2.05, 4.69) is 10.3 Å². The Morgan fingerprint density at radius 1 is 1.53 bits per heavy atom. The van der Waals surface area contributed by atoms with Crippen LogP contribution in [0.3, 0.4) is 0 Å². The fourth-order valence-corrected chi connectivity index (χ4v) is 1.77. The molecule has 0 aliphatic heterocycles. The van der Waals surface area contributed by atoms with Gasteiger partial charge in [-0.25, -0.2) is 0 Å². The molecule has 1 aromatic rings. The highest BCUT2D eigenvalue weighted by atomic mass is 16.4. The van der Waals surface area contributed by atoms with Gasteiger partial charge in [0.05, 0.1) is 11.8 Å². The Labute approximate surface area is 98.9 Å². The van der Waals surface area contributed by atoms with Crippen LogP contribution >= 0.6 is 0 Å². The molecule has 5 heteroatoms. The van der Waals surface area contributed by atoms with Crippen molar-refractivity contribution in [3.05, 3.63) is 29.6 Å². The van der Waals surface area contributed by atoms with Crippen LogP contribution in [-0.4, -0.2) is 22.0 Å². The number of rotatable bonds is 4. The summed E-state index contributed by atoms with van der Waals surface area (Å²) in [5.74, 6) is -1.90. The molecule has 0 aromatic carbocycles. The molecule has 1 aliphatic rings. The number of carboxylic acid groups (broad SMARTS) is 1. The normalized spacial score (nSPS) is 21.9. The van der Waals surface area contributed by atoms with Gasteiger partial charge in [-0.05, 0) is 30.5 Å². The fourth-order valence-electron chi connectivity index (χ4n) is 1.77. The summed E-state index contributed by atoms with van der Waals surface area (Å²) in [6.45, 7) is 2.35. The molecule has 1 aromatic heterocycles. The maximum atomic E-state index is 11.6. The van der Waals surface area contributed by atoms with Gasteiger partial charge in [0, 0.05) is 18.9 Å². The SMILES string of the molecule is Cc1cnccc1CNC(=O)[C@@H]1C[C@@H]1C(=O)O. The zero-order chi connectivity index (χ0) is 12.4. The van der Waals surface area contributed by atoms with Crippen molar-refractivity contribution in [2.24, 2.45) is 11.8 Å². The Hall–Kier alpha value is -1.91. The molecular weight excluding hydrogens is 220 g/mol. The van der Waals surface area contributed by atoms with E-state index in [-0.39, 0.29) is 11.8 Å². The van der Waals surface area contributed by atoms with Crippen LogP contribution in [0, 0.1) is 18.8 Å². The van der Waals surface area contributed by atoms with Gasteiger partial charge in [-0.2, -0.15) is 0 Å². The molecule has 1 fully saturated rings. The average Bonchev–Trinajstić information content (AvgIpc) is 3.07. The minimum atomic E-state index is -0.884. The number of amides is 1. The van der Waals surface area contributed by atoms with Crippen molar-refractivity contribution in [2.75, 3.05) is 0 Å². The molecule has 2 N–H and O–H groups in total. The van der Waals surface area contributed by atoms with Crippen molar-refractivity contribution >= 4 is 11.9 Å². The third-order valence-corrected chi connectivity index (χ3v) is 3.03. The highest BCUT2D eigenvalue weighted by Gasteiger charge is 2.48. The summed E-state index contributed by atoms with van der Waals surface area (Å²) in [6, 6.07) is 1.84. The second kappa shape index (κ2) is 4.53. The fraction of sp³-hybridized carbons (Fsp3) is 0.417. The Morgan fingerprint density at radius 2 is 2.29 bits per heavy atom. The van der Waals surface area contributed by atoms with Gasteiger partial charge in [-0.15, -0.1) is 0 Å². The van der Waals surface area contributed by atoms with Crippen LogP contribution in [0.25, 0.3) is 0 Å². The van der Waals surface area contributed by atoms with E-state index in [0.717, 1.165) is 11.1 Å². The Morgan fingerprint density at radius 3 is 2.88 bits per heavy atom. The molecule has 0 spiro atoms. The Bertz CT molecular complexity index is 459. The number of aliphatic carboxylic acids is 1. The molecule has 0 radical (unpaired) electrons. The van der Waals surface area contributed by atoms with E-state index in [1.165, 1.54) is 0 Å². The molecule has 1 saturated carbocycles. The molecule has 1 aliphatic carbocycles. The van der Waals surface area contributed by atoms with Crippen molar-refractivity contribution in [1.29, 1.82) is 0 Å². The van der Waals surface area contributed by atoms with E-state index in [4.69, 9.17) is 5.11 Å². The number of nitrogens with zero attached hydrogens (tertiary/aromatic N) is 1. The van der Waals surface area contributed by atoms with E-state index in [1.54, 1.807) is 12.4 Å². The first kappa shape index (κ1) is 11.6. The summed E-state index contributed by atoms with van der Waals surface area (Å²) >= 11 is 0. The minimum Gasteiger partial charge on any atom is -0.481 e. The largest absolute Gasteiger partial charge is 0.481 e. The van der Waals surface area contributed by atoms with Crippen LogP contribution in [0.4, 0.5) is 0 Å². The molecule has 0 bridgehead atoms. The van der Waals surface area contributed by atoms with E-state index in [1.807, 2.05) is 13.0 Å². The van der Waals surface area contributed by atoms with Crippen molar-refractivity contribution in [3.8, 4) is 0 Å². The van der Waals surface area contributed by atoms with Gasteiger partial charge >= 0.3 is 5.97 Å². The molecule has 1 amide bonds. The lowest BCUT2D eigenvalue weighted by molar-refractivity contribution is -0.140. The minimum absolute atomic E-state index is 0.173. The standard InChI is InChI=1S/C12H14N2O3/c1-7-5-13-3-2-8(7)6-14-11(15)9-4-10(9)12(16)17/h2-3,5,9-10H,4,6H2,1H3,(H,14,15)(H,16,17)/t9-,10+/m1/s1. The van der Waals surface area contributed by atoms with E-state index in [9.17, 15) is 9.59 Å². The number of nitrogens with one attached hydrogen (secondary N) is 1. The second-order valence-corrected chi connectivity index (χ2v) is 4.31. The number of pyridine rings is 1. The molecule has 90 valence electrons. The van der Waals surface area contributed by atoms with Gasteiger partial charge in [-0.1, -0.05) is 0 Å². The number of carboxylic acids is 1. The van der Waals surface area contributed by atoms with Crippen LogP contribution in [0.1, 0.15) is 17.5 Å². The van der Waals surface area contributed by atoms with Crippen molar-refractivity contribution < 1.29 is 14.7 Å². The average molecular weight is 234 g/mol. The summed E-state index contributed by atoms with van der Waals surface area (Å²) in [5.41, 5.74) is 2.01. The lowest BCUT2D eigenvalue weighted by atomic mass is 10.1. The van der Waals surface area contributed by atoms with Crippen LogP contribution in [0.15, 0.2) is 18.5 Å². The zero-order valence-corrected chi connectivity index (χ0v) is 9.51. The van der Waals surface area contributed by atoms with Gasteiger partial charge in [-0.3, -0.25) is 14.6 Å². The van der Waals surface area contributed by atoms with Crippen LogP contribution in [0.5, 0.6) is 0 Å². The third-order valence-electron chi connectivity index (χ3n) is 3.03. The van der Waals surface area contributed by atoms with Gasteiger partial charge in [0.1, 0.15) is 0 Å². The number of aryl methyl sites for hydroxylation is 1. The molecular formula is C12H14N2O3. The summed E-state index contributed by atoms with van der Waals surface area (Å²) < 4.78 is 0. The molecule has 1 heterocycles. The third kappa shape index (κ3) is 2.61. The van der Waals surface area contributed by atoms with E-state index < -0.39 is 11.9 Å². The molecule has 2 rings (SSSR count). The summed E-state index contributed by atoms with van der Waals surface area (Å²) in [6.07, 6.45) is 3.86. The Balaban J connectivity index is 1.86. The monoisotopic (exact) mass is 234 g/mol. The molecule has 0 unspecified atom stereocenters. The predicted octanol–water partition coefficient (Wildman–Crippen LogP) is 0.727. The maximum Gasteiger partial charge on any atom is 0.307 e. The van der Waals surface area contributed by atoms with Crippen LogP contribution in [-0.2, 0) is 16.1 Å². The Kier molecular flexibility index (Phi) is 3.08. The lowest BCUT2D eigenvalue weighted by Gasteiger charge is -2.06. The maximum absolute atomic E-state index is 11.6. The number of aromatic nitrogens is 1. The van der Waals surface area contributed by atoms with E-state index >= 15 is 0 Å². The lowest BCUT2D eigenvalue weighted by Crippen LogP contribution is -2.26. The number of carbonyl (C=O) groups is 2. The first-order valence-electron chi connectivity index (χ1n) is 5.49. The number of carbonyl (C=O) groups excluding carboxylic acids is 1. The topological polar surface area (TPSA) is 79.3 Å². The molecule has 5 nitrogen and oxygen atoms in total. The number of hydrogen-bond donors (Lipinski definition) is 2. The zero-order valence-electron chi connectivity index (χ0n) is 9.51. The molecule has 0 saturated heterocycles. The van der Waals surface area contributed by atoms with Gasteiger partial charge in [0.2, 0.25) is 5.91 Å². The first-order valence-corrected chi connectivity index (χ1v) is 5.49. The van der Waals surface area contributed by atoms with Crippen LogP contribution in [0.2, 0.25) is 0 Å². The number of hydrogen-bond acceptors (Lipinski definition) is 3. The second-order valence-electron chi connectivity index (χ2n) is 4.31. The quantitative estimate of drug-likeness (QED) is 0.804. The highest BCUT2D eigenvalue weighted by Crippen LogP contribution is 2.38. The van der Waals surface area contributed by atoms with Crippen LogP contribution < -0.4 is 5.32 Å². The summed E-state index contributed by atoms with van der Waals surface area (Å²) in [4.78, 5) is 26.2. The summed E-state index contributed by atoms with van der Waals surface area (Å²) in [5, 5.41) is 11.5. The van der Waals surface area contributed by atoms with Crippen molar-refractivity contribution in [2.45, 2.75) is 19.9 Å². The first-order chi connectivity index (χ1) is 8.09. The smallest absolute Gasteiger partial charge is 0.307 e. The molecule has 2 atom stereocenters. The van der Waals surface area contributed by atoms with Gasteiger partial charge in [0.25, 0.3) is 0 Å². The van der Waals surface area contributed by atoms with Gasteiger partial charge < -0.3 is 10.4 Å². The highest BCUT2D eigenvalue weighted by molar-refractivity contribution is 5.89. The summed E-state index contributed by atoms with van der Waals surface area (Å²) in [7, 11) is 0. The molecule has 17 heavy (non-hydrogen) atoms. The van der Waals surface area contributed by atoms with Crippen molar-refractivity contribution in [3.63, 3.8) is 0 Å². The predicted molar refractivity (Wildman–Crippen MR) is 60.1 cm³/mol. The van der Waals surface area contributed by atoms with E-state index in [0.29, 0.717) is 13.0 Å². The van der Waals surface area contributed by atoms with Gasteiger partial charge in [0.15, 0.2) is 0 Å². The van der Waals surface area contributed by atoms with Crippen molar-refractivity contribution in [1.82, 2.24) is 10.3 Å².